The Bertz CT molecular complexity index is 2940. The van der Waals surface area contributed by atoms with Crippen LogP contribution in [-0.4, -0.2) is 0 Å². The van der Waals surface area contributed by atoms with E-state index in [9.17, 15) is 0 Å². The van der Waals surface area contributed by atoms with Gasteiger partial charge in [0.15, 0.2) is 0 Å². The molecule has 0 amide bonds. The van der Waals surface area contributed by atoms with Gasteiger partial charge in [0, 0.05) is 15.2 Å². The first-order chi connectivity index (χ1) is 25.8. The molecule has 2 aliphatic carbocycles. The Morgan fingerprint density at radius 1 is 0.327 bits per heavy atom. The van der Waals surface area contributed by atoms with Crippen LogP contribution >= 0.6 is 11.8 Å². The van der Waals surface area contributed by atoms with Crippen LogP contribution in [0.15, 0.2) is 192 Å². The summed E-state index contributed by atoms with van der Waals surface area (Å²) >= 11 is 1.91. The van der Waals surface area contributed by atoms with E-state index >= 15 is 0 Å². The Kier molecular flexibility index (Phi) is 5.73. The minimum atomic E-state index is -0.357. The van der Waals surface area contributed by atoms with Crippen LogP contribution in [0.4, 0.5) is 0 Å². The molecule has 0 nitrogen and oxygen atoms in total. The van der Waals surface area contributed by atoms with E-state index in [2.05, 4.69) is 182 Å². The lowest BCUT2D eigenvalue weighted by Crippen LogP contribution is -2.25. The summed E-state index contributed by atoms with van der Waals surface area (Å²) in [5.74, 6) is 0. The third-order valence-corrected chi connectivity index (χ3v) is 13.1. The molecule has 52 heavy (non-hydrogen) atoms. The predicted octanol–water partition coefficient (Wildman–Crippen LogP) is 13.8. The van der Waals surface area contributed by atoms with Crippen molar-refractivity contribution in [3.8, 4) is 55.6 Å². The van der Waals surface area contributed by atoms with Crippen molar-refractivity contribution in [2.24, 2.45) is 0 Å². The molecule has 0 atom stereocenters. The Morgan fingerprint density at radius 3 is 1.56 bits per heavy atom. The molecule has 12 rings (SSSR count). The van der Waals surface area contributed by atoms with Gasteiger partial charge in [-0.3, -0.25) is 0 Å². The third kappa shape index (κ3) is 3.59. The van der Waals surface area contributed by atoms with Crippen LogP contribution in [0.3, 0.4) is 0 Å². The van der Waals surface area contributed by atoms with Crippen molar-refractivity contribution in [3.63, 3.8) is 0 Å². The van der Waals surface area contributed by atoms with Crippen LogP contribution in [0, 0.1) is 0 Å². The monoisotopic (exact) mass is 674 g/mol. The highest BCUT2D eigenvalue weighted by Crippen LogP contribution is 2.63. The molecule has 0 saturated carbocycles. The van der Waals surface area contributed by atoms with Gasteiger partial charge in [-0.25, -0.2) is 0 Å². The van der Waals surface area contributed by atoms with Crippen LogP contribution < -0.4 is 0 Å². The van der Waals surface area contributed by atoms with Gasteiger partial charge in [-0.1, -0.05) is 182 Å². The number of fused-ring (bicyclic) bond motifs is 13. The van der Waals surface area contributed by atoms with Crippen LogP contribution in [-0.2, 0) is 5.41 Å². The van der Waals surface area contributed by atoms with E-state index in [0.29, 0.717) is 0 Å². The van der Waals surface area contributed by atoms with Crippen LogP contribution in [0.2, 0.25) is 0 Å². The highest BCUT2D eigenvalue weighted by molar-refractivity contribution is 8.00. The summed E-state index contributed by atoms with van der Waals surface area (Å²) in [5, 5.41) is 5.21. The van der Waals surface area contributed by atoms with Crippen molar-refractivity contribution in [1.82, 2.24) is 0 Å². The number of hydrogen-bond acceptors (Lipinski definition) is 1. The van der Waals surface area contributed by atoms with E-state index in [-0.39, 0.29) is 5.41 Å². The average molecular weight is 675 g/mol. The molecular weight excluding hydrogens is 645 g/mol. The first-order valence-corrected chi connectivity index (χ1v) is 18.9. The summed E-state index contributed by atoms with van der Waals surface area (Å²) in [6.07, 6.45) is 0. The van der Waals surface area contributed by atoms with Crippen molar-refractivity contribution in [3.05, 3.63) is 204 Å². The summed E-state index contributed by atoms with van der Waals surface area (Å²) in [5.41, 5.74) is 18.2. The highest BCUT2D eigenvalue weighted by atomic mass is 32.2. The molecule has 1 spiro atoms. The Labute approximate surface area is 307 Å². The molecule has 0 unspecified atom stereocenters. The van der Waals surface area contributed by atoms with E-state index in [1.54, 1.807) is 0 Å². The van der Waals surface area contributed by atoms with Crippen LogP contribution in [0.1, 0.15) is 22.3 Å². The summed E-state index contributed by atoms with van der Waals surface area (Å²) < 4.78 is 0. The fourth-order valence-electron chi connectivity index (χ4n) is 9.82. The highest BCUT2D eigenvalue weighted by Gasteiger charge is 2.51. The number of benzene rings is 9. The quantitative estimate of drug-likeness (QED) is 0.176. The van der Waals surface area contributed by atoms with Gasteiger partial charge in [0.05, 0.1) is 5.41 Å². The number of rotatable bonds is 2. The van der Waals surface area contributed by atoms with Gasteiger partial charge in [0.25, 0.3) is 0 Å². The molecule has 3 aliphatic rings. The van der Waals surface area contributed by atoms with E-state index in [0.717, 1.165) is 0 Å². The molecule has 9 aromatic carbocycles. The second-order valence-electron chi connectivity index (χ2n) is 14.3. The molecular formula is C51H30S. The predicted molar refractivity (Wildman–Crippen MR) is 218 cm³/mol. The maximum absolute atomic E-state index is 2.51. The maximum atomic E-state index is 2.51. The van der Waals surface area contributed by atoms with Gasteiger partial charge in [0.2, 0.25) is 0 Å². The molecule has 1 heteroatoms. The average Bonchev–Trinajstić information content (AvgIpc) is 3.68. The van der Waals surface area contributed by atoms with Gasteiger partial charge in [-0.2, -0.15) is 0 Å². The van der Waals surface area contributed by atoms with Gasteiger partial charge in [-0.05, 0) is 106 Å². The minimum absolute atomic E-state index is 0.357. The molecule has 240 valence electrons. The molecule has 0 N–H and O–H groups in total. The topological polar surface area (TPSA) is 0 Å². The molecule has 0 fully saturated rings. The van der Waals surface area contributed by atoms with Crippen molar-refractivity contribution < 1.29 is 0 Å². The standard InChI is InChI=1S/C51H30S/c1-2-14-35-34(13-1)33(28-29-36(35)43-27-24-31-12-11-19-42-41-18-6-10-23-48(41)52-50(43)49(31)42)32-25-26-40-39-17-5-9-22-46(39)51(47(40)30-32)44-20-7-3-15-37(44)38-16-4-8-21-45(38)51/h1-30H. The Hall–Kier alpha value is -6.15. The maximum Gasteiger partial charge on any atom is 0.0725 e. The molecule has 1 heterocycles. The van der Waals surface area contributed by atoms with Crippen molar-refractivity contribution in [2.75, 3.05) is 0 Å². The zero-order valence-electron chi connectivity index (χ0n) is 28.2. The SMILES string of the molecule is c1ccc2c(c1)Sc1c(-c3ccc(-c4ccc5c(c4)C4(c6ccccc6-c6ccccc64)c4ccccc4-5)c4ccccc34)ccc3cccc-2c13. The van der Waals surface area contributed by atoms with Gasteiger partial charge in [-0.15, -0.1) is 0 Å². The second-order valence-corrected chi connectivity index (χ2v) is 15.3. The molecule has 9 aromatic rings. The van der Waals surface area contributed by atoms with Gasteiger partial charge >= 0.3 is 0 Å². The second kappa shape index (κ2) is 10.4. The summed E-state index contributed by atoms with van der Waals surface area (Å²) in [6, 6.07) is 68.4. The first-order valence-electron chi connectivity index (χ1n) is 18.1. The molecule has 1 aliphatic heterocycles. The lowest BCUT2D eigenvalue weighted by molar-refractivity contribution is 0.794. The summed E-state index contributed by atoms with van der Waals surface area (Å²) in [7, 11) is 0. The largest absolute Gasteiger partial charge is 0.0881 e. The van der Waals surface area contributed by atoms with E-state index in [1.807, 2.05) is 11.8 Å². The smallest absolute Gasteiger partial charge is 0.0725 e. The van der Waals surface area contributed by atoms with Gasteiger partial charge in [0.1, 0.15) is 0 Å². The lowest BCUT2D eigenvalue weighted by atomic mass is 9.70. The fraction of sp³-hybridized carbons (Fsp3) is 0.0196. The van der Waals surface area contributed by atoms with Crippen molar-refractivity contribution >= 4 is 33.3 Å². The van der Waals surface area contributed by atoms with E-state index < -0.39 is 0 Å². The molecule has 0 saturated heterocycles. The zero-order valence-corrected chi connectivity index (χ0v) is 29.0. The lowest BCUT2D eigenvalue weighted by Gasteiger charge is -2.30. The summed E-state index contributed by atoms with van der Waals surface area (Å²) in [6.45, 7) is 0. The van der Waals surface area contributed by atoms with Crippen molar-refractivity contribution in [2.45, 2.75) is 15.2 Å². The first kappa shape index (κ1) is 28.5. The third-order valence-electron chi connectivity index (χ3n) is 11.9. The summed E-state index contributed by atoms with van der Waals surface area (Å²) in [4.78, 5) is 2.67. The Morgan fingerprint density at radius 2 is 0.846 bits per heavy atom. The van der Waals surface area contributed by atoms with E-state index in [4.69, 9.17) is 0 Å². The number of hydrogen-bond donors (Lipinski definition) is 0. The van der Waals surface area contributed by atoms with Crippen molar-refractivity contribution in [1.29, 1.82) is 0 Å². The molecule has 0 bridgehead atoms. The van der Waals surface area contributed by atoms with Gasteiger partial charge < -0.3 is 0 Å². The molecule has 0 radical (unpaired) electrons. The van der Waals surface area contributed by atoms with Crippen LogP contribution in [0.25, 0.3) is 77.2 Å². The zero-order chi connectivity index (χ0) is 34.0. The Balaban J connectivity index is 1.09. The van der Waals surface area contributed by atoms with E-state index in [1.165, 1.54) is 109 Å². The minimum Gasteiger partial charge on any atom is -0.0881 e. The normalized spacial score (nSPS) is 13.8. The molecule has 0 aromatic heterocycles. The van der Waals surface area contributed by atoms with Crippen LogP contribution in [0.5, 0.6) is 0 Å². The fourth-order valence-corrected chi connectivity index (χ4v) is 11.1.